The van der Waals surface area contributed by atoms with Crippen LogP contribution in [0.2, 0.25) is 0 Å². The summed E-state index contributed by atoms with van der Waals surface area (Å²) in [6, 6.07) is 17.5. The van der Waals surface area contributed by atoms with E-state index in [0.29, 0.717) is 28.8 Å². The van der Waals surface area contributed by atoms with Crippen LogP contribution in [0.5, 0.6) is 5.75 Å². The lowest BCUT2D eigenvalue weighted by atomic mass is 9.97. The van der Waals surface area contributed by atoms with E-state index in [4.69, 9.17) is 11.5 Å². The zero-order valence-corrected chi connectivity index (χ0v) is 22.5. The fourth-order valence-corrected chi connectivity index (χ4v) is 5.38. The van der Waals surface area contributed by atoms with Crippen molar-refractivity contribution in [3.05, 3.63) is 54.1 Å². The van der Waals surface area contributed by atoms with Gasteiger partial charge in [0, 0.05) is 36.8 Å². The molecule has 2 aromatic carbocycles. The van der Waals surface area contributed by atoms with Gasteiger partial charge in [-0.1, -0.05) is 18.2 Å². The number of carbonyl (C=O) groups is 1. The molecule has 202 valence electrons. The average Bonchev–Trinajstić information content (AvgIpc) is 3.58. The van der Waals surface area contributed by atoms with Crippen LogP contribution in [-0.2, 0) is 4.79 Å². The molecule has 1 aliphatic heterocycles. The number of rotatable bonds is 9. The summed E-state index contributed by atoms with van der Waals surface area (Å²) in [7, 11) is 4.20. The Kier molecular flexibility index (Phi) is 7.31. The average molecular weight is 526 g/mol. The van der Waals surface area contributed by atoms with E-state index in [2.05, 4.69) is 45.9 Å². The van der Waals surface area contributed by atoms with Gasteiger partial charge in [0.2, 0.25) is 5.91 Å². The van der Waals surface area contributed by atoms with E-state index in [1.165, 1.54) is 0 Å². The number of amides is 1. The minimum atomic E-state index is -0.382. The van der Waals surface area contributed by atoms with Crippen LogP contribution in [0.4, 0.5) is 17.2 Å². The number of phenolic OH excluding ortho intramolecular Hbond substituents is 1. The highest BCUT2D eigenvalue weighted by molar-refractivity contribution is 5.88. The molecule has 1 amide bonds. The molecule has 0 unspecified atom stereocenters. The molecule has 5 rings (SSSR count). The number of anilines is 3. The number of pyridine rings is 1. The van der Waals surface area contributed by atoms with Gasteiger partial charge in [0.1, 0.15) is 23.2 Å². The van der Waals surface area contributed by atoms with Crippen molar-refractivity contribution in [3.63, 3.8) is 0 Å². The number of nitriles is 1. The van der Waals surface area contributed by atoms with E-state index in [1.54, 1.807) is 24.3 Å². The van der Waals surface area contributed by atoms with Crippen LogP contribution in [0, 0.1) is 17.2 Å². The highest BCUT2D eigenvalue weighted by Crippen LogP contribution is 2.41. The maximum absolute atomic E-state index is 12.2. The van der Waals surface area contributed by atoms with Crippen LogP contribution < -0.4 is 21.3 Å². The molecule has 1 aliphatic carbocycles. The molecule has 1 saturated carbocycles. The minimum absolute atomic E-state index is 0.0811. The van der Waals surface area contributed by atoms with Crippen molar-refractivity contribution in [1.82, 2.24) is 9.88 Å². The van der Waals surface area contributed by atoms with Gasteiger partial charge in [-0.15, -0.1) is 0 Å². The number of nitrogen functional groups attached to an aromatic ring is 1. The van der Waals surface area contributed by atoms with Crippen molar-refractivity contribution in [2.75, 3.05) is 55.8 Å². The summed E-state index contributed by atoms with van der Waals surface area (Å²) in [4.78, 5) is 23.3. The summed E-state index contributed by atoms with van der Waals surface area (Å²) in [6.07, 6.45) is 3.33. The number of nitrogens with two attached hydrogens (primary N) is 2. The number of carbonyl (C=O) groups excluding carboxylic acids is 1. The van der Waals surface area contributed by atoms with Gasteiger partial charge in [-0.05, 0) is 75.2 Å². The normalized spacial score (nSPS) is 16.9. The summed E-state index contributed by atoms with van der Waals surface area (Å²) >= 11 is 0. The fourth-order valence-electron chi connectivity index (χ4n) is 5.38. The lowest BCUT2D eigenvalue weighted by molar-refractivity contribution is -0.116. The largest absolute Gasteiger partial charge is 0.507 e. The number of hydrogen-bond acceptors (Lipinski definition) is 8. The smallest absolute Gasteiger partial charge is 0.236 e. The molecule has 2 aliphatic rings. The van der Waals surface area contributed by atoms with E-state index in [-0.39, 0.29) is 29.6 Å². The molecule has 1 aromatic heterocycles. The van der Waals surface area contributed by atoms with E-state index in [0.717, 1.165) is 55.8 Å². The molecule has 0 bridgehead atoms. The minimum Gasteiger partial charge on any atom is -0.507 e. The van der Waals surface area contributed by atoms with Gasteiger partial charge in [-0.2, -0.15) is 5.26 Å². The molecule has 1 atom stereocenters. The molecule has 2 fully saturated rings. The molecule has 3 aromatic rings. The Morgan fingerprint density at radius 1 is 1.15 bits per heavy atom. The Hall–Kier alpha value is -4.29. The fraction of sp³-hybridized carbons (Fsp3) is 0.367. The molecule has 1 saturated heterocycles. The highest BCUT2D eigenvalue weighted by atomic mass is 16.3. The van der Waals surface area contributed by atoms with Crippen molar-refractivity contribution in [2.24, 2.45) is 11.7 Å². The van der Waals surface area contributed by atoms with Crippen LogP contribution in [-0.4, -0.2) is 67.2 Å². The third-order valence-corrected chi connectivity index (χ3v) is 7.72. The Balaban J connectivity index is 1.64. The third kappa shape index (κ3) is 5.61. The third-order valence-electron chi connectivity index (χ3n) is 7.72. The summed E-state index contributed by atoms with van der Waals surface area (Å²) in [5.41, 5.74) is 16.6. The number of hydrogen-bond donors (Lipinski definition) is 3. The number of aromatic nitrogens is 1. The van der Waals surface area contributed by atoms with Gasteiger partial charge in [-0.3, -0.25) is 4.79 Å². The first-order valence-electron chi connectivity index (χ1n) is 13.3. The monoisotopic (exact) mass is 525 g/mol. The standard InChI is InChI=1S/C30H35N7O2/c1-35(2)21-11-12-36(17-21)26-10-9-20(13-27(26)37(18-29(32)39)16-19-7-8-19)23-14-25(34-30(33)24(23)15-31)22-5-3-4-6-28(22)38/h3-6,9-10,13-14,19,21,38H,7-8,11-12,16-18H2,1-2H3,(H2,32,39)(H2,33,34)/t21-/m0/s1. The van der Waals surface area contributed by atoms with Gasteiger partial charge < -0.3 is 31.3 Å². The summed E-state index contributed by atoms with van der Waals surface area (Å²) in [5.74, 6) is 0.331. The number of para-hydroxylation sites is 1. The molecule has 39 heavy (non-hydrogen) atoms. The topological polar surface area (TPSA) is 136 Å². The lowest BCUT2D eigenvalue weighted by Gasteiger charge is -2.31. The molecular formula is C30H35N7O2. The van der Waals surface area contributed by atoms with Crippen LogP contribution in [0.3, 0.4) is 0 Å². The zero-order valence-electron chi connectivity index (χ0n) is 22.5. The number of likely N-dealkylation sites (N-methyl/N-ethyl adjacent to an activating group) is 1. The van der Waals surface area contributed by atoms with Gasteiger partial charge >= 0.3 is 0 Å². The summed E-state index contributed by atoms with van der Waals surface area (Å²) < 4.78 is 0. The second-order valence-electron chi connectivity index (χ2n) is 10.8. The first-order chi connectivity index (χ1) is 18.7. The second-order valence-corrected chi connectivity index (χ2v) is 10.8. The molecular weight excluding hydrogens is 490 g/mol. The number of phenols is 1. The molecule has 9 heteroatoms. The van der Waals surface area contributed by atoms with Crippen molar-refractivity contribution < 1.29 is 9.90 Å². The van der Waals surface area contributed by atoms with Gasteiger partial charge in [0.05, 0.1) is 23.6 Å². The molecule has 2 heterocycles. The SMILES string of the molecule is CN(C)[C@H]1CCN(c2ccc(-c3cc(-c4ccccc4O)nc(N)c3C#N)cc2N(CC(N)=O)CC2CC2)C1. The first-order valence-corrected chi connectivity index (χ1v) is 13.3. The van der Waals surface area contributed by atoms with Crippen LogP contribution in [0.25, 0.3) is 22.4 Å². The summed E-state index contributed by atoms with van der Waals surface area (Å²) in [6.45, 7) is 2.66. The predicted octanol–water partition coefficient (Wildman–Crippen LogP) is 3.42. The quantitative estimate of drug-likeness (QED) is 0.387. The second kappa shape index (κ2) is 10.8. The Morgan fingerprint density at radius 3 is 2.56 bits per heavy atom. The van der Waals surface area contributed by atoms with E-state index in [9.17, 15) is 15.2 Å². The highest BCUT2D eigenvalue weighted by Gasteiger charge is 2.30. The van der Waals surface area contributed by atoms with Crippen molar-refractivity contribution in [1.29, 1.82) is 5.26 Å². The summed E-state index contributed by atoms with van der Waals surface area (Å²) in [5, 5.41) is 20.5. The molecule has 0 radical (unpaired) electrons. The zero-order chi connectivity index (χ0) is 27.7. The Morgan fingerprint density at radius 2 is 1.92 bits per heavy atom. The van der Waals surface area contributed by atoms with Crippen LogP contribution in [0.1, 0.15) is 24.8 Å². The van der Waals surface area contributed by atoms with Gasteiger partial charge in [0.25, 0.3) is 0 Å². The van der Waals surface area contributed by atoms with Gasteiger partial charge in [0.15, 0.2) is 0 Å². The van der Waals surface area contributed by atoms with E-state index >= 15 is 0 Å². The number of aromatic hydroxyl groups is 1. The number of primary amides is 1. The first kappa shape index (κ1) is 26.3. The van der Waals surface area contributed by atoms with Gasteiger partial charge in [-0.25, -0.2) is 4.98 Å². The van der Waals surface area contributed by atoms with Crippen molar-refractivity contribution >= 4 is 23.1 Å². The Bertz CT molecular complexity index is 1430. The van der Waals surface area contributed by atoms with Crippen LogP contribution in [0.15, 0.2) is 48.5 Å². The molecule has 0 spiro atoms. The van der Waals surface area contributed by atoms with E-state index < -0.39 is 0 Å². The maximum Gasteiger partial charge on any atom is 0.236 e. The maximum atomic E-state index is 12.2. The van der Waals surface area contributed by atoms with Crippen molar-refractivity contribution in [2.45, 2.75) is 25.3 Å². The van der Waals surface area contributed by atoms with E-state index in [1.807, 2.05) is 18.2 Å². The lowest BCUT2D eigenvalue weighted by Crippen LogP contribution is -2.37. The predicted molar refractivity (Wildman–Crippen MR) is 154 cm³/mol. The van der Waals surface area contributed by atoms with Crippen LogP contribution >= 0.6 is 0 Å². The number of nitrogens with zero attached hydrogens (tertiary/aromatic N) is 5. The molecule has 5 N–H and O–H groups in total. The molecule has 9 nitrogen and oxygen atoms in total. The Labute approximate surface area is 229 Å². The van der Waals surface area contributed by atoms with Crippen molar-refractivity contribution in [3.8, 4) is 34.2 Å². The number of benzene rings is 2.